The van der Waals surface area contributed by atoms with E-state index in [1.807, 2.05) is 41.4 Å². The van der Waals surface area contributed by atoms with Crippen LogP contribution in [0.1, 0.15) is 11.1 Å². The summed E-state index contributed by atoms with van der Waals surface area (Å²) in [4.78, 5) is 25.8. The molecule has 2 aromatic carbocycles. The highest BCUT2D eigenvalue weighted by Gasteiger charge is 2.23. The Bertz CT molecular complexity index is 1100. The van der Waals surface area contributed by atoms with Gasteiger partial charge in [0.15, 0.2) is 5.96 Å². The van der Waals surface area contributed by atoms with Crippen molar-refractivity contribution in [3.63, 3.8) is 0 Å². The first-order chi connectivity index (χ1) is 15.6. The van der Waals surface area contributed by atoms with Gasteiger partial charge in [-0.3, -0.25) is 14.8 Å². The van der Waals surface area contributed by atoms with Crippen molar-refractivity contribution in [2.24, 2.45) is 4.99 Å². The fourth-order valence-electron chi connectivity index (χ4n) is 4.11. The van der Waals surface area contributed by atoms with Gasteiger partial charge in [0.25, 0.3) is 0 Å². The van der Waals surface area contributed by atoms with E-state index in [1.165, 1.54) is 5.56 Å². The van der Waals surface area contributed by atoms with Crippen molar-refractivity contribution >= 4 is 34.4 Å². The molecule has 0 saturated carbocycles. The molecule has 1 N–H and O–H groups in total. The number of para-hydroxylation sites is 1. The first-order valence-electron chi connectivity index (χ1n) is 10.9. The average molecular weight is 450 g/mol. The predicted octanol–water partition coefficient (Wildman–Crippen LogP) is 3.39. The van der Waals surface area contributed by atoms with Gasteiger partial charge in [0.05, 0.1) is 11.9 Å². The minimum absolute atomic E-state index is 0.137. The Kier molecular flexibility index (Phi) is 7.22. The minimum Gasteiger partial charge on any atom is -0.356 e. The van der Waals surface area contributed by atoms with E-state index in [4.69, 9.17) is 11.6 Å². The second-order valence-electron chi connectivity index (χ2n) is 7.89. The number of aliphatic imine (C=N–C) groups is 1. The van der Waals surface area contributed by atoms with Crippen LogP contribution in [-0.4, -0.2) is 66.4 Å². The highest BCUT2D eigenvalue weighted by Crippen LogP contribution is 2.16. The molecule has 166 valence electrons. The van der Waals surface area contributed by atoms with E-state index < -0.39 is 0 Å². The lowest BCUT2D eigenvalue weighted by molar-refractivity contribution is -0.131. The summed E-state index contributed by atoms with van der Waals surface area (Å²) in [5.41, 5.74) is 3.23. The van der Waals surface area contributed by atoms with Crippen molar-refractivity contribution in [3.8, 4) is 0 Å². The van der Waals surface area contributed by atoms with E-state index in [9.17, 15) is 4.79 Å². The molecular formula is C25H28ClN5O. The molecule has 0 bridgehead atoms. The molecule has 3 aromatic rings. The molecule has 0 atom stereocenters. The monoisotopic (exact) mass is 449 g/mol. The molecule has 6 nitrogen and oxygen atoms in total. The van der Waals surface area contributed by atoms with Crippen LogP contribution < -0.4 is 5.32 Å². The van der Waals surface area contributed by atoms with Gasteiger partial charge >= 0.3 is 0 Å². The lowest BCUT2D eigenvalue weighted by Gasteiger charge is -2.36. The Morgan fingerprint density at radius 1 is 1.06 bits per heavy atom. The number of fused-ring (bicyclic) bond motifs is 1. The zero-order valence-electron chi connectivity index (χ0n) is 18.3. The summed E-state index contributed by atoms with van der Waals surface area (Å²) < 4.78 is 0. The number of piperazine rings is 1. The minimum atomic E-state index is 0.137. The van der Waals surface area contributed by atoms with Crippen molar-refractivity contribution in [1.29, 1.82) is 0 Å². The van der Waals surface area contributed by atoms with Gasteiger partial charge in [-0.2, -0.15) is 0 Å². The first kappa shape index (κ1) is 22.1. The second-order valence-corrected chi connectivity index (χ2v) is 8.33. The van der Waals surface area contributed by atoms with Crippen LogP contribution in [0.25, 0.3) is 10.9 Å². The largest absolute Gasteiger partial charge is 0.356 e. The molecule has 0 spiro atoms. The molecule has 1 aromatic heterocycles. The highest BCUT2D eigenvalue weighted by molar-refractivity contribution is 6.30. The summed E-state index contributed by atoms with van der Waals surface area (Å²) in [6.45, 7) is 3.67. The number of halogens is 1. The Morgan fingerprint density at radius 2 is 1.81 bits per heavy atom. The van der Waals surface area contributed by atoms with Crippen LogP contribution in [-0.2, 0) is 17.6 Å². The molecule has 4 rings (SSSR count). The van der Waals surface area contributed by atoms with Gasteiger partial charge < -0.3 is 15.1 Å². The molecule has 7 heteroatoms. The number of rotatable bonds is 5. The summed E-state index contributed by atoms with van der Waals surface area (Å²) in [7, 11) is 1.80. The zero-order chi connectivity index (χ0) is 22.3. The Balaban J connectivity index is 1.27. The van der Waals surface area contributed by atoms with Crippen LogP contribution in [0.3, 0.4) is 0 Å². The molecule has 0 radical (unpaired) electrons. The Hall–Kier alpha value is -3.12. The normalized spacial score (nSPS) is 14.6. The summed E-state index contributed by atoms with van der Waals surface area (Å²) in [6, 6.07) is 17.8. The number of aromatic nitrogens is 1. The van der Waals surface area contributed by atoms with Crippen LogP contribution in [0.4, 0.5) is 0 Å². The molecule has 32 heavy (non-hydrogen) atoms. The van der Waals surface area contributed by atoms with Crippen molar-refractivity contribution in [2.75, 3.05) is 39.8 Å². The van der Waals surface area contributed by atoms with E-state index in [2.05, 4.69) is 44.5 Å². The predicted molar refractivity (Wildman–Crippen MR) is 130 cm³/mol. The summed E-state index contributed by atoms with van der Waals surface area (Å²) in [5.74, 6) is 1.01. The Morgan fingerprint density at radius 3 is 2.59 bits per heavy atom. The number of pyridine rings is 1. The number of carbonyl (C=O) groups is 1. The smallest absolute Gasteiger partial charge is 0.227 e. The van der Waals surface area contributed by atoms with Gasteiger partial charge in [-0.1, -0.05) is 48.0 Å². The zero-order valence-corrected chi connectivity index (χ0v) is 19.1. The maximum Gasteiger partial charge on any atom is 0.227 e. The van der Waals surface area contributed by atoms with Crippen molar-refractivity contribution in [1.82, 2.24) is 20.1 Å². The van der Waals surface area contributed by atoms with Crippen molar-refractivity contribution < 1.29 is 4.79 Å². The van der Waals surface area contributed by atoms with E-state index in [1.54, 1.807) is 7.05 Å². The lowest BCUT2D eigenvalue weighted by Crippen LogP contribution is -2.54. The molecule has 1 saturated heterocycles. The van der Waals surface area contributed by atoms with Crippen LogP contribution >= 0.6 is 11.6 Å². The Labute approximate surface area is 193 Å². The fraction of sp³-hybridized carbons (Fsp3) is 0.320. The third-order valence-electron chi connectivity index (χ3n) is 5.78. The number of nitrogens with one attached hydrogen (secondary N) is 1. The summed E-state index contributed by atoms with van der Waals surface area (Å²) >= 11 is 6.04. The third kappa shape index (κ3) is 5.37. The van der Waals surface area contributed by atoms with E-state index in [0.29, 0.717) is 24.5 Å². The molecule has 1 amide bonds. The van der Waals surface area contributed by atoms with Crippen molar-refractivity contribution in [3.05, 3.63) is 76.9 Å². The maximum atomic E-state index is 12.7. The topological polar surface area (TPSA) is 60.8 Å². The molecule has 2 heterocycles. The third-order valence-corrected chi connectivity index (χ3v) is 6.02. The lowest BCUT2D eigenvalue weighted by atomic mass is 10.1. The molecule has 0 unspecified atom stereocenters. The van der Waals surface area contributed by atoms with E-state index in [0.717, 1.165) is 48.5 Å². The number of benzene rings is 2. The molecular weight excluding hydrogens is 422 g/mol. The van der Waals surface area contributed by atoms with Crippen LogP contribution in [0.5, 0.6) is 0 Å². The van der Waals surface area contributed by atoms with Crippen LogP contribution in [0.2, 0.25) is 5.02 Å². The van der Waals surface area contributed by atoms with Gasteiger partial charge in [0.1, 0.15) is 0 Å². The van der Waals surface area contributed by atoms with E-state index >= 15 is 0 Å². The van der Waals surface area contributed by atoms with Gasteiger partial charge in [0.2, 0.25) is 5.91 Å². The maximum absolute atomic E-state index is 12.7. The number of nitrogens with zero attached hydrogens (tertiary/aromatic N) is 4. The first-order valence-corrected chi connectivity index (χ1v) is 11.3. The molecule has 1 aliphatic heterocycles. The summed E-state index contributed by atoms with van der Waals surface area (Å²) in [6.07, 6.45) is 3.09. The quantitative estimate of drug-likeness (QED) is 0.479. The number of hydrogen-bond acceptors (Lipinski definition) is 3. The summed E-state index contributed by atoms with van der Waals surface area (Å²) in [5, 5.41) is 5.29. The number of amides is 1. The second kappa shape index (κ2) is 10.5. The van der Waals surface area contributed by atoms with Crippen LogP contribution in [0, 0.1) is 0 Å². The fourth-order valence-corrected chi connectivity index (χ4v) is 4.32. The molecule has 1 fully saturated rings. The van der Waals surface area contributed by atoms with Gasteiger partial charge in [0, 0.05) is 56.4 Å². The van der Waals surface area contributed by atoms with Crippen LogP contribution in [0.15, 0.2) is 65.8 Å². The van der Waals surface area contributed by atoms with E-state index in [-0.39, 0.29) is 5.91 Å². The van der Waals surface area contributed by atoms with Gasteiger partial charge in [-0.05, 0) is 35.7 Å². The van der Waals surface area contributed by atoms with Gasteiger partial charge in [-0.15, -0.1) is 0 Å². The number of hydrogen-bond donors (Lipinski definition) is 1. The average Bonchev–Trinajstić information content (AvgIpc) is 2.82. The highest BCUT2D eigenvalue weighted by atomic mass is 35.5. The van der Waals surface area contributed by atoms with Crippen molar-refractivity contribution in [2.45, 2.75) is 12.8 Å². The molecule has 1 aliphatic rings. The molecule has 0 aliphatic carbocycles. The SMILES string of the molecule is CN=C(NCCc1cccc2cccnc12)N1CCN(C(=O)Cc2cccc(Cl)c2)CC1. The number of guanidine groups is 1. The number of carbonyl (C=O) groups excluding carboxylic acids is 1. The van der Waals surface area contributed by atoms with Gasteiger partial charge in [-0.25, -0.2) is 0 Å². The standard InChI is InChI=1S/C25H28ClN5O/c1-27-25(29-12-10-21-7-3-6-20-8-4-11-28-24(20)21)31-15-13-30(14-16-31)23(32)18-19-5-2-9-22(26)17-19/h2-9,11,17H,10,12-16,18H2,1H3,(H,27,29).